The lowest BCUT2D eigenvalue weighted by molar-refractivity contribution is -0.380. The molecule has 2 aromatic rings. The fraction of sp³-hybridized carbons (Fsp3) is 0.312. The van der Waals surface area contributed by atoms with E-state index >= 15 is 0 Å². The number of aromatic nitrogens is 1. The molecule has 0 aliphatic carbocycles. The lowest BCUT2D eigenvalue weighted by Gasteiger charge is -2.38. The van der Waals surface area contributed by atoms with Gasteiger partial charge in [0.2, 0.25) is 6.29 Å². The number of rotatable bonds is 6. The molecule has 1 amide bonds. The van der Waals surface area contributed by atoms with Crippen LogP contribution < -0.4 is 10.1 Å². The van der Waals surface area contributed by atoms with Gasteiger partial charge in [-0.05, 0) is 23.5 Å². The Balaban J connectivity index is 1.79. The van der Waals surface area contributed by atoms with Gasteiger partial charge in [-0.15, -0.1) is 0 Å². The highest BCUT2D eigenvalue weighted by atomic mass is 32.1. The number of carboxylic acids is 1. The molecule has 5 N–H and O–H groups in total. The quantitative estimate of drug-likeness (QED) is 0.288. The van der Waals surface area contributed by atoms with Gasteiger partial charge >= 0.3 is 11.0 Å². The number of thiazole rings is 1. The van der Waals surface area contributed by atoms with Gasteiger partial charge in [0.15, 0.2) is 11.2 Å². The third-order valence-electron chi connectivity index (χ3n) is 4.08. The average Bonchev–Trinajstić information content (AvgIpc) is 3.17. The Bertz CT molecular complexity index is 966. The van der Waals surface area contributed by atoms with Crippen molar-refractivity contribution in [3.8, 4) is 5.75 Å². The van der Waals surface area contributed by atoms with Crippen molar-refractivity contribution in [2.75, 3.05) is 5.32 Å². The van der Waals surface area contributed by atoms with Crippen LogP contribution in [-0.4, -0.2) is 72.9 Å². The van der Waals surface area contributed by atoms with Gasteiger partial charge in [-0.25, -0.2) is 9.78 Å². The number of anilines is 1. The molecule has 13 nitrogen and oxygen atoms in total. The van der Waals surface area contributed by atoms with Crippen LogP contribution in [0.5, 0.6) is 5.75 Å². The molecular formula is C16H15N3O10S. The number of hydrogen-bond acceptors (Lipinski definition) is 11. The highest BCUT2D eigenvalue weighted by Crippen LogP contribution is 2.29. The largest absolute Gasteiger partial charge is 0.479 e. The van der Waals surface area contributed by atoms with Gasteiger partial charge in [-0.2, -0.15) is 0 Å². The summed E-state index contributed by atoms with van der Waals surface area (Å²) in [6.45, 7) is 0. The Morgan fingerprint density at radius 2 is 1.90 bits per heavy atom. The Labute approximate surface area is 171 Å². The summed E-state index contributed by atoms with van der Waals surface area (Å²) < 4.78 is 10.4. The Morgan fingerprint density at radius 3 is 2.53 bits per heavy atom. The number of benzene rings is 1. The van der Waals surface area contributed by atoms with Crippen LogP contribution in [0.15, 0.2) is 30.5 Å². The molecule has 0 radical (unpaired) electrons. The van der Waals surface area contributed by atoms with Gasteiger partial charge in [0.05, 0.1) is 10.5 Å². The highest BCUT2D eigenvalue weighted by Gasteiger charge is 2.48. The Kier molecular flexibility index (Phi) is 6.23. The second-order valence-electron chi connectivity index (χ2n) is 6.06. The Hall–Kier alpha value is -3.17. The fourth-order valence-corrected chi connectivity index (χ4v) is 3.23. The normalized spacial score (nSPS) is 26.0. The summed E-state index contributed by atoms with van der Waals surface area (Å²) in [6, 6.07) is 5.63. The molecule has 160 valence electrons. The average molecular weight is 441 g/mol. The van der Waals surface area contributed by atoms with E-state index in [9.17, 15) is 35.0 Å². The number of ether oxygens (including phenoxy) is 2. The van der Waals surface area contributed by atoms with Crippen LogP contribution in [-0.2, 0) is 9.53 Å². The van der Waals surface area contributed by atoms with Gasteiger partial charge in [0.25, 0.3) is 5.91 Å². The number of aliphatic hydroxyl groups excluding tert-OH is 3. The minimum absolute atomic E-state index is 0.0417. The molecule has 5 atom stereocenters. The summed E-state index contributed by atoms with van der Waals surface area (Å²) in [5, 5.41) is 51.5. The second kappa shape index (κ2) is 8.68. The van der Waals surface area contributed by atoms with Crippen molar-refractivity contribution in [1.82, 2.24) is 4.98 Å². The van der Waals surface area contributed by atoms with Crippen molar-refractivity contribution < 1.29 is 44.4 Å². The van der Waals surface area contributed by atoms with E-state index in [1.807, 2.05) is 0 Å². The molecule has 0 bridgehead atoms. The molecule has 1 aromatic carbocycles. The number of hydrogen-bond donors (Lipinski definition) is 5. The van der Waals surface area contributed by atoms with Crippen LogP contribution >= 0.6 is 11.3 Å². The lowest BCUT2D eigenvalue weighted by atomic mass is 9.99. The van der Waals surface area contributed by atoms with Crippen LogP contribution in [0.25, 0.3) is 0 Å². The van der Waals surface area contributed by atoms with Crippen molar-refractivity contribution in [3.63, 3.8) is 0 Å². The molecule has 1 unspecified atom stereocenters. The van der Waals surface area contributed by atoms with Crippen LogP contribution in [0.2, 0.25) is 0 Å². The van der Waals surface area contributed by atoms with Gasteiger partial charge in [0, 0.05) is 0 Å². The maximum atomic E-state index is 12.5. The highest BCUT2D eigenvalue weighted by molar-refractivity contribution is 7.18. The number of carbonyl (C=O) groups is 2. The van der Waals surface area contributed by atoms with E-state index < -0.39 is 47.5 Å². The van der Waals surface area contributed by atoms with Crippen molar-refractivity contribution in [1.29, 1.82) is 0 Å². The summed E-state index contributed by atoms with van der Waals surface area (Å²) in [6.07, 6.45) is -8.18. The fourth-order valence-electron chi connectivity index (χ4n) is 2.60. The molecule has 1 saturated heterocycles. The summed E-state index contributed by atoms with van der Waals surface area (Å²) in [4.78, 5) is 37.5. The number of carbonyl (C=O) groups excluding carboxylic acids is 1. The number of aliphatic carboxylic acids is 1. The van der Waals surface area contributed by atoms with E-state index in [2.05, 4.69) is 10.3 Å². The summed E-state index contributed by atoms with van der Waals surface area (Å²) >= 11 is 0.636. The van der Waals surface area contributed by atoms with Crippen molar-refractivity contribution in [2.45, 2.75) is 30.7 Å². The monoisotopic (exact) mass is 441 g/mol. The maximum Gasteiger partial charge on any atom is 0.345 e. The van der Waals surface area contributed by atoms with Gasteiger partial charge in [-0.3, -0.25) is 20.2 Å². The van der Waals surface area contributed by atoms with Crippen LogP contribution in [0.3, 0.4) is 0 Å². The maximum absolute atomic E-state index is 12.5. The predicted molar refractivity (Wildman–Crippen MR) is 98.1 cm³/mol. The molecule has 1 aliphatic rings. The minimum Gasteiger partial charge on any atom is -0.479 e. The van der Waals surface area contributed by atoms with Crippen molar-refractivity contribution >= 4 is 33.3 Å². The number of amides is 1. The van der Waals surface area contributed by atoms with E-state index in [1.165, 1.54) is 24.3 Å². The van der Waals surface area contributed by atoms with E-state index in [1.54, 1.807) is 0 Å². The third kappa shape index (κ3) is 4.37. The topological polar surface area (TPSA) is 202 Å². The number of carboxylic acid groups (broad SMARTS) is 1. The number of aliphatic hydroxyl groups is 3. The van der Waals surface area contributed by atoms with Crippen molar-refractivity contribution in [3.05, 3.63) is 46.1 Å². The zero-order valence-electron chi connectivity index (χ0n) is 14.8. The van der Waals surface area contributed by atoms with E-state index in [4.69, 9.17) is 14.6 Å². The predicted octanol–water partition coefficient (Wildman–Crippen LogP) is -0.425. The molecule has 2 heterocycles. The van der Waals surface area contributed by atoms with Gasteiger partial charge in [-0.1, -0.05) is 12.1 Å². The first-order valence-electron chi connectivity index (χ1n) is 8.28. The standard InChI is InChI=1S/C16H15N3O10S/c20-9-10(21)12(14(24)25)29-15(11(9)22)28-7-4-2-1-3-6(7)13(23)18-16-17-5-8(30-16)19(26)27/h1-5,9-12,15,20-22H,(H,24,25)(H,17,18,23)/t9-,10-,11+,12-,15?/m0/s1. The van der Waals surface area contributed by atoms with E-state index in [0.29, 0.717) is 11.3 Å². The first kappa shape index (κ1) is 21.5. The van der Waals surface area contributed by atoms with Gasteiger partial charge in [0.1, 0.15) is 30.3 Å². The van der Waals surface area contributed by atoms with Crippen molar-refractivity contribution in [2.24, 2.45) is 0 Å². The molecule has 14 heteroatoms. The third-order valence-corrected chi connectivity index (χ3v) is 4.95. The molecule has 1 aromatic heterocycles. The van der Waals surface area contributed by atoms with Gasteiger partial charge < -0.3 is 29.9 Å². The first-order chi connectivity index (χ1) is 14.2. The SMILES string of the molecule is O=C(Nc1ncc([N+](=O)[O-])s1)c1ccccc1OC1O[C@H](C(=O)O)[C@@H](O)[C@H](O)[C@H]1O. The zero-order chi connectivity index (χ0) is 22.0. The summed E-state index contributed by atoms with van der Waals surface area (Å²) in [5.41, 5.74) is -0.0846. The lowest BCUT2D eigenvalue weighted by Crippen LogP contribution is -2.61. The van der Waals surface area contributed by atoms with E-state index in [-0.39, 0.29) is 21.4 Å². The van der Waals surface area contributed by atoms with Crippen LogP contribution in [0, 0.1) is 10.1 Å². The minimum atomic E-state index is -1.89. The first-order valence-corrected chi connectivity index (χ1v) is 9.10. The van der Waals surface area contributed by atoms with Crippen LogP contribution in [0.4, 0.5) is 10.1 Å². The summed E-state index contributed by atoms with van der Waals surface area (Å²) in [7, 11) is 0. The Morgan fingerprint density at radius 1 is 1.20 bits per heavy atom. The number of nitrogens with one attached hydrogen (secondary N) is 1. The molecular weight excluding hydrogens is 426 g/mol. The molecule has 3 rings (SSSR count). The molecule has 0 spiro atoms. The second-order valence-corrected chi connectivity index (χ2v) is 7.07. The zero-order valence-corrected chi connectivity index (χ0v) is 15.6. The number of nitrogens with zero attached hydrogens (tertiary/aromatic N) is 2. The summed E-state index contributed by atoms with van der Waals surface area (Å²) in [5.74, 6) is -2.48. The molecule has 1 aliphatic heterocycles. The smallest absolute Gasteiger partial charge is 0.345 e. The number of nitro groups is 1. The number of para-hydroxylation sites is 1. The molecule has 0 saturated carbocycles. The van der Waals surface area contributed by atoms with Crippen LogP contribution in [0.1, 0.15) is 10.4 Å². The molecule has 1 fully saturated rings. The molecule has 30 heavy (non-hydrogen) atoms. The van der Waals surface area contributed by atoms with E-state index in [0.717, 1.165) is 6.20 Å².